The highest BCUT2D eigenvalue weighted by Gasteiger charge is 2.20. The average Bonchev–Trinajstić information content (AvgIpc) is 2.41. The summed E-state index contributed by atoms with van der Waals surface area (Å²) in [6.45, 7) is 2.47. The molecular formula is C14H19N3O2. The second-order valence-electron chi connectivity index (χ2n) is 4.79. The van der Waals surface area contributed by atoms with Gasteiger partial charge in [-0.15, -0.1) is 0 Å². The Balaban J connectivity index is 2.00. The van der Waals surface area contributed by atoms with Crippen LogP contribution < -0.4 is 16.0 Å². The number of carbonyl (C=O) groups excluding carboxylic acids is 2. The highest BCUT2D eigenvalue weighted by Crippen LogP contribution is 2.16. The van der Waals surface area contributed by atoms with Crippen LogP contribution >= 0.6 is 0 Å². The number of amides is 2. The van der Waals surface area contributed by atoms with Gasteiger partial charge in [-0.1, -0.05) is 0 Å². The van der Waals surface area contributed by atoms with Gasteiger partial charge in [-0.25, -0.2) is 0 Å². The normalized spacial score (nSPS) is 18.6. The van der Waals surface area contributed by atoms with Crippen LogP contribution in [0.15, 0.2) is 18.2 Å². The van der Waals surface area contributed by atoms with Crippen LogP contribution in [-0.2, 0) is 4.79 Å². The van der Waals surface area contributed by atoms with E-state index in [1.807, 2.05) is 26.1 Å². The van der Waals surface area contributed by atoms with E-state index in [-0.39, 0.29) is 17.9 Å². The van der Waals surface area contributed by atoms with Crippen molar-refractivity contribution in [2.75, 3.05) is 18.9 Å². The zero-order chi connectivity index (χ0) is 13.8. The van der Waals surface area contributed by atoms with Gasteiger partial charge in [0.2, 0.25) is 5.91 Å². The van der Waals surface area contributed by atoms with Crippen LogP contribution in [-0.4, -0.2) is 31.4 Å². The second-order valence-corrected chi connectivity index (χ2v) is 4.79. The molecule has 0 aliphatic carbocycles. The minimum atomic E-state index is -0.0908. The number of aryl methyl sites for hydroxylation is 1. The van der Waals surface area contributed by atoms with Crippen molar-refractivity contribution >= 4 is 17.5 Å². The molecule has 1 unspecified atom stereocenters. The fourth-order valence-electron chi connectivity index (χ4n) is 2.21. The number of rotatable bonds is 3. The summed E-state index contributed by atoms with van der Waals surface area (Å²) in [6.07, 6.45) is 1.17. The van der Waals surface area contributed by atoms with Gasteiger partial charge < -0.3 is 16.0 Å². The van der Waals surface area contributed by atoms with Crippen molar-refractivity contribution < 1.29 is 9.59 Å². The van der Waals surface area contributed by atoms with E-state index in [1.165, 1.54) is 0 Å². The molecule has 5 heteroatoms. The molecule has 0 radical (unpaired) electrons. The van der Waals surface area contributed by atoms with Crippen LogP contribution in [0, 0.1) is 6.92 Å². The predicted molar refractivity (Wildman–Crippen MR) is 74.2 cm³/mol. The lowest BCUT2D eigenvalue weighted by molar-refractivity contribution is -0.122. The van der Waals surface area contributed by atoms with Gasteiger partial charge >= 0.3 is 0 Å². The molecular weight excluding hydrogens is 242 g/mol. The van der Waals surface area contributed by atoms with Crippen LogP contribution in [0.2, 0.25) is 0 Å². The molecule has 1 aliphatic rings. The first-order valence-electron chi connectivity index (χ1n) is 6.46. The highest BCUT2D eigenvalue weighted by molar-refractivity contribution is 5.95. The third-order valence-electron chi connectivity index (χ3n) is 3.36. The molecule has 1 atom stereocenters. The number of nitrogens with one attached hydrogen (secondary N) is 3. The zero-order valence-electron chi connectivity index (χ0n) is 11.2. The maximum Gasteiger partial charge on any atom is 0.251 e. The monoisotopic (exact) mass is 261 g/mol. The molecule has 3 N–H and O–H groups in total. The third-order valence-corrected chi connectivity index (χ3v) is 3.36. The Labute approximate surface area is 112 Å². The van der Waals surface area contributed by atoms with Crippen LogP contribution in [0.1, 0.15) is 28.8 Å². The summed E-state index contributed by atoms with van der Waals surface area (Å²) in [4.78, 5) is 23.2. The molecule has 1 aromatic rings. The van der Waals surface area contributed by atoms with Gasteiger partial charge in [0.05, 0.1) is 0 Å². The Morgan fingerprint density at radius 1 is 1.42 bits per heavy atom. The number of piperidine rings is 1. The largest absolute Gasteiger partial charge is 0.388 e. The van der Waals surface area contributed by atoms with Crippen molar-refractivity contribution in [3.05, 3.63) is 29.3 Å². The van der Waals surface area contributed by atoms with Gasteiger partial charge in [0.1, 0.15) is 0 Å². The summed E-state index contributed by atoms with van der Waals surface area (Å²) in [6, 6.07) is 5.58. The molecule has 102 valence electrons. The molecule has 1 fully saturated rings. The van der Waals surface area contributed by atoms with E-state index in [9.17, 15) is 9.59 Å². The minimum absolute atomic E-state index is 0.0227. The Hall–Kier alpha value is -2.04. The summed E-state index contributed by atoms with van der Waals surface area (Å²) in [5, 5.41) is 8.77. The van der Waals surface area contributed by atoms with E-state index >= 15 is 0 Å². The first-order valence-corrected chi connectivity index (χ1v) is 6.46. The smallest absolute Gasteiger partial charge is 0.251 e. The van der Waals surface area contributed by atoms with Crippen molar-refractivity contribution in [2.45, 2.75) is 25.8 Å². The average molecular weight is 261 g/mol. The van der Waals surface area contributed by atoms with E-state index in [4.69, 9.17) is 0 Å². The summed E-state index contributed by atoms with van der Waals surface area (Å²) >= 11 is 0. The van der Waals surface area contributed by atoms with Crippen LogP contribution in [0.5, 0.6) is 0 Å². The lowest BCUT2D eigenvalue weighted by Crippen LogP contribution is -2.47. The Morgan fingerprint density at radius 2 is 2.21 bits per heavy atom. The molecule has 2 rings (SSSR count). The van der Waals surface area contributed by atoms with E-state index in [0.29, 0.717) is 24.9 Å². The van der Waals surface area contributed by atoms with Crippen molar-refractivity contribution in [3.63, 3.8) is 0 Å². The highest BCUT2D eigenvalue weighted by atomic mass is 16.2. The molecule has 0 spiro atoms. The second kappa shape index (κ2) is 5.73. The molecule has 1 aliphatic heterocycles. The quantitative estimate of drug-likeness (QED) is 0.761. The van der Waals surface area contributed by atoms with Crippen molar-refractivity contribution in [1.29, 1.82) is 0 Å². The number of benzene rings is 1. The maximum absolute atomic E-state index is 12.1. The molecule has 1 heterocycles. The summed E-state index contributed by atoms with van der Waals surface area (Å²) in [5.41, 5.74) is 2.70. The molecule has 5 nitrogen and oxygen atoms in total. The molecule has 1 saturated heterocycles. The van der Waals surface area contributed by atoms with E-state index in [0.717, 1.165) is 11.3 Å². The summed E-state index contributed by atoms with van der Waals surface area (Å²) in [5.74, 6) is -0.0355. The number of hydrogen-bond acceptors (Lipinski definition) is 3. The van der Waals surface area contributed by atoms with E-state index in [1.54, 1.807) is 6.07 Å². The molecule has 2 amide bonds. The molecule has 19 heavy (non-hydrogen) atoms. The van der Waals surface area contributed by atoms with Gasteiger partial charge in [-0.3, -0.25) is 9.59 Å². The van der Waals surface area contributed by atoms with E-state index < -0.39 is 0 Å². The topological polar surface area (TPSA) is 70.2 Å². The van der Waals surface area contributed by atoms with Crippen LogP contribution in [0.3, 0.4) is 0 Å². The molecule has 0 saturated carbocycles. The standard InChI is InChI=1S/C14H19N3O2/c1-9-7-10(3-5-12(9)15-2)14(19)17-11-4-6-13(18)16-8-11/h3,5,7,11,15H,4,6,8H2,1-2H3,(H,16,18)(H,17,19). The Bertz CT molecular complexity index is 489. The first kappa shape index (κ1) is 13.4. The predicted octanol–water partition coefficient (Wildman–Crippen LogP) is 1.05. The fourth-order valence-corrected chi connectivity index (χ4v) is 2.21. The summed E-state index contributed by atoms with van der Waals surface area (Å²) < 4.78 is 0. The van der Waals surface area contributed by atoms with Gasteiger partial charge in [-0.05, 0) is 37.1 Å². The van der Waals surface area contributed by atoms with Gasteiger partial charge in [0.15, 0.2) is 0 Å². The molecule has 0 aromatic heterocycles. The third kappa shape index (κ3) is 3.24. The lowest BCUT2D eigenvalue weighted by Gasteiger charge is -2.23. The minimum Gasteiger partial charge on any atom is -0.388 e. The SMILES string of the molecule is CNc1ccc(C(=O)NC2CCC(=O)NC2)cc1C. The number of hydrogen-bond donors (Lipinski definition) is 3. The maximum atomic E-state index is 12.1. The number of anilines is 1. The molecule has 0 bridgehead atoms. The van der Waals surface area contributed by atoms with Gasteiger partial charge in [0, 0.05) is 37.3 Å². The fraction of sp³-hybridized carbons (Fsp3) is 0.429. The van der Waals surface area contributed by atoms with Gasteiger partial charge in [0.25, 0.3) is 5.91 Å². The Kier molecular flexibility index (Phi) is 4.04. The Morgan fingerprint density at radius 3 is 2.79 bits per heavy atom. The van der Waals surface area contributed by atoms with Crippen LogP contribution in [0.4, 0.5) is 5.69 Å². The van der Waals surface area contributed by atoms with Crippen molar-refractivity contribution in [3.8, 4) is 0 Å². The van der Waals surface area contributed by atoms with Crippen LogP contribution in [0.25, 0.3) is 0 Å². The number of carbonyl (C=O) groups is 2. The molecule has 1 aromatic carbocycles. The summed E-state index contributed by atoms with van der Waals surface area (Å²) in [7, 11) is 1.85. The van der Waals surface area contributed by atoms with Crippen molar-refractivity contribution in [1.82, 2.24) is 10.6 Å². The first-order chi connectivity index (χ1) is 9.10. The van der Waals surface area contributed by atoms with Crippen molar-refractivity contribution in [2.24, 2.45) is 0 Å². The van der Waals surface area contributed by atoms with E-state index in [2.05, 4.69) is 16.0 Å². The lowest BCUT2D eigenvalue weighted by atomic mass is 10.1. The van der Waals surface area contributed by atoms with Gasteiger partial charge in [-0.2, -0.15) is 0 Å². The zero-order valence-corrected chi connectivity index (χ0v) is 11.2.